The topological polar surface area (TPSA) is 58.6 Å². The maximum atomic E-state index is 12.9. The van der Waals surface area contributed by atoms with E-state index in [4.69, 9.17) is 4.74 Å². The van der Waals surface area contributed by atoms with E-state index in [2.05, 4.69) is 5.32 Å². The third kappa shape index (κ3) is 4.01. The molecule has 4 rings (SSSR count). The minimum absolute atomic E-state index is 0.00175. The van der Waals surface area contributed by atoms with Gasteiger partial charge in [0.1, 0.15) is 6.10 Å². The zero-order valence-electron chi connectivity index (χ0n) is 15.1. The first-order chi connectivity index (χ1) is 13.1. The summed E-state index contributed by atoms with van der Waals surface area (Å²) >= 11 is 1.46. The summed E-state index contributed by atoms with van der Waals surface area (Å²) in [4.78, 5) is 28.2. The highest BCUT2D eigenvalue weighted by Gasteiger charge is 2.34. The van der Waals surface area contributed by atoms with E-state index in [0.717, 1.165) is 16.1 Å². The Kier molecular flexibility index (Phi) is 5.18. The molecule has 1 N–H and O–H groups in total. The third-order valence-corrected chi connectivity index (χ3v) is 6.13. The Morgan fingerprint density at radius 1 is 1.15 bits per heavy atom. The fourth-order valence-electron chi connectivity index (χ4n) is 3.52. The van der Waals surface area contributed by atoms with Gasteiger partial charge in [-0.2, -0.15) is 0 Å². The second-order valence-electron chi connectivity index (χ2n) is 6.94. The van der Waals surface area contributed by atoms with Crippen molar-refractivity contribution in [3.8, 4) is 0 Å². The number of hydrogen-bond acceptors (Lipinski definition) is 4. The number of rotatable bonds is 3. The van der Waals surface area contributed by atoms with Crippen molar-refractivity contribution in [3.05, 3.63) is 60.2 Å². The average Bonchev–Trinajstić information content (AvgIpc) is 2.68. The molecule has 0 unspecified atom stereocenters. The van der Waals surface area contributed by atoms with E-state index in [1.807, 2.05) is 66.4 Å². The summed E-state index contributed by atoms with van der Waals surface area (Å²) in [5.74, 6) is -0.105. The number of carbonyl (C=O) groups excluding carboxylic acids is 2. The lowest BCUT2D eigenvalue weighted by molar-refractivity contribution is -0.145. The molecule has 0 radical (unpaired) electrons. The van der Waals surface area contributed by atoms with Gasteiger partial charge in [0, 0.05) is 17.9 Å². The highest BCUT2D eigenvalue weighted by atomic mass is 32.2. The number of ether oxygens (including phenoxy) is 1. The number of fused-ring (bicyclic) bond motifs is 1. The van der Waals surface area contributed by atoms with Crippen LogP contribution in [0.25, 0.3) is 0 Å². The minimum atomic E-state index is -0.402. The zero-order chi connectivity index (χ0) is 18.8. The molecule has 2 aliphatic rings. The molecule has 0 aliphatic carbocycles. The number of para-hydroxylation sites is 1. The van der Waals surface area contributed by atoms with Crippen LogP contribution in [-0.2, 0) is 14.3 Å². The number of thioether (sulfide) groups is 1. The smallest absolute Gasteiger partial charge is 0.238 e. The van der Waals surface area contributed by atoms with Crippen LogP contribution in [0, 0.1) is 0 Å². The Hall–Kier alpha value is -2.31. The highest BCUT2D eigenvalue weighted by Crippen LogP contribution is 2.37. The van der Waals surface area contributed by atoms with E-state index < -0.39 is 5.25 Å². The quantitative estimate of drug-likeness (QED) is 0.883. The van der Waals surface area contributed by atoms with Crippen LogP contribution in [0.3, 0.4) is 0 Å². The molecule has 2 aromatic carbocycles. The fraction of sp³-hybridized carbons (Fsp3) is 0.333. The molecule has 2 amide bonds. The predicted molar refractivity (Wildman–Crippen MR) is 106 cm³/mol. The monoisotopic (exact) mass is 382 g/mol. The number of hydrogen-bond donors (Lipinski definition) is 1. The van der Waals surface area contributed by atoms with Gasteiger partial charge in [0.2, 0.25) is 11.8 Å². The van der Waals surface area contributed by atoms with Gasteiger partial charge >= 0.3 is 0 Å². The van der Waals surface area contributed by atoms with Crippen LogP contribution in [0.1, 0.15) is 25.0 Å². The van der Waals surface area contributed by atoms with Crippen molar-refractivity contribution in [1.29, 1.82) is 0 Å². The van der Waals surface area contributed by atoms with Crippen LogP contribution in [0.4, 0.5) is 5.69 Å². The van der Waals surface area contributed by atoms with Crippen LogP contribution >= 0.6 is 11.8 Å². The molecule has 0 aromatic heterocycles. The molecule has 27 heavy (non-hydrogen) atoms. The predicted octanol–water partition coefficient (Wildman–Crippen LogP) is 3.48. The van der Waals surface area contributed by atoms with E-state index in [9.17, 15) is 9.59 Å². The number of anilines is 1. The lowest BCUT2D eigenvalue weighted by atomic mass is 10.1. The van der Waals surface area contributed by atoms with E-state index in [0.29, 0.717) is 13.1 Å². The van der Waals surface area contributed by atoms with Crippen LogP contribution in [0.2, 0.25) is 0 Å². The van der Waals surface area contributed by atoms with Gasteiger partial charge in [0.15, 0.2) is 0 Å². The Bertz CT molecular complexity index is 842. The van der Waals surface area contributed by atoms with Crippen LogP contribution in [-0.4, -0.2) is 41.2 Å². The lowest BCUT2D eigenvalue weighted by Crippen LogP contribution is -2.47. The van der Waals surface area contributed by atoms with Gasteiger partial charge in [-0.3, -0.25) is 9.59 Å². The van der Waals surface area contributed by atoms with Gasteiger partial charge in [-0.15, -0.1) is 11.8 Å². The van der Waals surface area contributed by atoms with E-state index in [1.165, 1.54) is 11.8 Å². The van der Waals surface area contributed by atoms with Crippen molar-refractivity contribution in [2.45, 2.75) is 35.7 Å². The number of benzene rings is 2. The summed E-state index contributed by atoms with van der Waals surface area (Å²) in [6.07, 6.45) is 0.0212. The summed E-state index contributed by atoms with van der Waals surface area (Å²) in [7, 11) is 0. The molecule has 2 heterocycles. The Labute approximate surface area is 163 Å². The average molecular weight is 382 g/mol. The van der Waals surface area contributed by atoms with Gasteiger partial charge in [0.05, 0.1) is 23.6 Å². The lowest BCUT2D eigenvalue weighted by Gasteiger charge is -2.37. The molecule has 2 aliphatic heterocycles. The molecule has 5 nitrogen and oxygen atoms in total. The van der Waals surface area contributed by atoms with Crippen molar-refractivity contribution in [3.63, 3.8) is 0 Å². The Morgan fingerprint density at radius 2 is 1.89 bits per heavy atom. The Morgan fingerprint density at radius 3 is 2.70 bits per heavy atom. The fourth-order valence-corrected chi connectivity index (χ4v) is 4.62. The van der Waals surface area contributed by atoms with Gasteiger partial charge in [-0.25, -0.2) is 0 Å². The number of morpholine rings is 1. The number of nitrogens with zero attached hydrogens (tertiary/aromatic N) is 1. The summed E-state index contributed by atoms with van der Waals surface area (Å²) in [5, 5.41) is 2.50. The molecule has 6 heteroatoms. The first-order valence-corrected chi connectivity index (χ1v) is 10.0. The van der Waals surface area contributed by atoms with Crippen molar-refractivity contribution < 1.29 is 14.3 Å². The van der Waals surface area contributed by atoms with Crippen molar-refractivity contribution in [2.75, 3.05) is 18.4 Å². The van der Waals surface area contributed by atoms with Gasteiger partial charge in [0.25, 0.3) is 0 Å². The second-order valence-corrected chi connectivity index (χ2v) is 8.19. The van der Waals surface area contributed by atoms with Gasteiger partial charge in [-0.1, -0.05) is 42.5 Å². The zero-order valence-corrected chi connectivity index (χ0v) is 15.9. The van der Waals surface area contributed by atoms with Gasteiger partial charge in [-0.05, 0) is 24.6 Å². The summed E-state index contributed by atoms with van der Waals surface area (Å²) in [6, 6.07) is 17.6. The number of nitrogens with one attached hydrogen (secondary N) is 1. The second kappa shape index (κ2) is 7.74. The maximum Gasteiger partial charge on any atom is 0.238 e. The Balaban J connectivity index is 1.44. The molecule has 0 bridgehead atoms. The van der Waals surface area contributed by atoms with Crippen molar-refractivity contribution in [2.24, 2.45) is 0 Å². The molecular weight excluding hydrogens is 360 g/mol. The summed E-state index contributed by atoms with van der Waals surface area (Å²) < 4.78 is 6.03. The van der Waals surface area contributed by atoms with Crippen LogP contribution < -0.4 is 5.32 Å². The van der Waals surface area contributed by atoms with E-state index >= 15 is 0 Å². The molecule has 2 aromatic rings. The molecule has 0 saturated carbocycles. The standard InChI is InChI=1S/C21H22N2O3S/c1-14-12-23(13-17(26-14)15-7-3-2-4-8-15)20(24)11-19-21(25)22-16-9-5-6-10-18(16)27-19/h2-10,14,17,19H,11-13H2,1H3,(H,22,25)/t14-,17+,19-/m1/s1. The molecule has 3 atom stereocenters. The van der Waals surface area contributed by atoms with Gasteiger partial charge < -0.3 is 15.0 Å². The van der Waals surface area contributed by atoms with Crippen molar-refractivity contribution >= 4 is 29.3 Å². The van der Waals surface area contributed by atoms with Crippen molar-refractivity contribution in [1.82, 2.24) is 4.90 Å². The maximum absolute atomic E-state index is 12.9. The molecule has 0 spiro atoms. The molecule has 1 saturated heterocycles. The van der Waals surface area contributed by atoms with Crippen LogP contribution in [0.5, 0.6) is 0 Å². The highest BCUT2D eigenvalue weighted by molar-refractivity contribution is 8.01. The summed E-state index contributed by atoms with van der Waals surface area (Å²) in [6.45, 7) is 3.05. The van der Waals surface area contributed by atoms with Crippen LogP contribution in [0.15, 0.2) is 59.5 Å². The van der Waals surface area contributed by atoms with E-state index in [-0.39, 0.29) is 30.4 Å². The number of carbonyl (C=O) groups is 2. The largest absolute Gasteiger partial charge is 0.367 e. The normalized spacial score (nSPS) is 24.9. The first kappa shape index (κ1) is 18.1. The first-order valence-electron chi connectivity index (χ1n) is 9.15. The summed E-state index contributed by atoms with van der Waals surface area (Å²) in [5.41, 5.74) is 1.89. The number of amides is 2. The van der Waals surface area contributed by atoms with E-state index in [1.54, 1.807) is 0 Å². The third-order valence-electron chi connectivity index (χ3n) is 4.85. The molecule has 140 valence electrons. The minimum Gasteiger partial charge on any atom is -0.367 e. The molecular formula is C21H22N2O3S. The SMILES string of the molecule is C[C@@H]1CN(C(=O)C[C@H]2Sc3ccccc3NC2=O)C[C@@H](c2ccccc2)O1. The molecule has 1 fully saturated rings.